The van der Waals surface area contributed by atoms with Gasteiger partial charge >= 0.3 is 0 Å². The maximum absolute atomic E-state index is 13.3. The number of benzene rings is 1. The molecule has 0 bridgehead atoms. The van der Waals surface area contributed by atoms with Crippen molar-refractivity contribution in [3.8, 4) is 5.75 Å². The zero-order valence-corrected chi connectivity index (χ0v) is 11.1. The molecule has 0 spiro atoms. The van der Waals surface area contributed by atoms with E-state index < -0.39 is 23.6 Å². The van der Waals surface area contributed by atoms with Gasteiger partial charge in [-0.2, -0.15) is 0 Å². The summed E-state index contributed by atoms with van der Waals surface area (Å²) in [7, 11) is 1.58. The van der Waals surface area contributed by atoms with Gasteiger partial charge in [0.15, 0.2) is 22.8 Å². The maximum atomic E-state index is 13.3. The van der Waals surface area contributed by atoms with Crippen LogP contribution in [0.3, 0.4) is 0 Å². The number of hydrogen-bond acceptors (Lipinski definition) is 3. The molecule has 1 unspecified atom stereocenters. The van der Waals surface area contributed by atoms with Crippen LogP contribution in [0, 0.1) is 11.6 Å². The fourth-order valence-electron chi connectivity index (χ4n) is 1.10. The van der Waals surface area contributed by atoms with Crippen LogP contribution in [0.5, 0.6) is 5.75 Å². The van der Waals surface area contributed by atoms with Crippen LogP contribution in [0.25, 0.3) is 0 Å². The summed E-state index contributed by atoms with van der Waals surface area (Å²) in [5.41, 5.74) is 4.68. The first kappa shape index (κ1) is 15.1. The molecule has 1 aromatic rings. The molecule has 1 aromatic carbocycles. The van der Waals surface area contributed by atoms with Crippen LogP contribution in [-0.4, -0.2) is 24.2 Å². The minimum Gasteiger partial charge on any atom is -0.478 e. The van der Waals surface area contributed by atoms with Crippen molar-refractivity contribution in [2.45, 2.75) is 13.0 Å². The van der Waals surface area contributed by atoms with Gasteiger partial charge in [0.2, 0.25) is 0 Å². The normalized spacial score (nSPS) is 11.4. The largest absolute Gasteiger partial charge is 0.478 e. The number of amides is 1. The highest BCUT2D eigenvalue weighted by Crippen LogP contribution is 2.18. The number of halogens is 2. The lowest BCUT2D eigenvalue weighted by Gasteiger charge is -2.16. The van der Waals surface area contributed by atoms with E-state index in [0.717, 1.165) is 12.1 Å². The topological polar surface area (TPSA) is 62.4 Å². The van der Waals surface area contributed by atoms with Crippen LogP contribution < -0.4 is 20.9 Å². The van der Waals surface area contributed by atoms with Crippen molar-refractivity contribution in [2.24, 2.45) is 0 Å². The summed E-state index contributed by atoms with van der Waals surface area (Å²) in [6.07, 6.45) is -0.980. The van der Waals surface area contributed by atoms with Crippen LogP contribution >= 0.6 is 12.2 Å². The molecule has 0 radical (unpaired) electrons. The second kappa shape index (κ2) is 6.83. The van der Waals surface area contributed by atoms with E-state index in [2.05, 4.69) is 16.2 Å². The molecular weight excluding hydrogens is 276 g/mol. The Morgan fingerprint density at radius 3 is 2.63 bits per heavy atom. The molecule has 3 N–H and O–H groups in total. The van der Waals surface area contributed by atoms with E-state index in [1.165, 1.54) is 6.92 Å². The Morgan fingerprint density at radius 1 is 1.37 bits per heavy atom. The smallest absolute Gasteiger partial charge is 0.279 e. The minimum absolute atomic E-state index is 0.208. The lowest BCUT2D eigenvalue weighted by atomic mass is 10.3. The van der Waals surface area contributed by atoms with Crippen molar-refractivity contribution < 1.29 is 18.3 Å². The molecule has 8 heteroatoms. The first-order valence-electron chi connectivity index (χ1n) is 5.33. The maximum Gasteiger partial charge on any atom is 0.279 e. The molecule has 19 heavy (non-hydrogen) atoms. The Hall–Kier alpha value is -1.96. The van der Waals surface area contributed by atoms with Gasteiger partial charge in [0.25, 0.3) is 5.91 Å². The highest BCUT2D eigenvalue weighted by Gasteiger charge is 2.16. The number of rotatable bonds is 3. The number of carbonyl (C=O) groups is 1. The number of hydrogen-bond donors (Lipinski definition) is 3. The second-order valence-electron chi connectivity index (χ2n) is 3.53. The Labute approximate surface area is 114 Å². The molecule has 0 heterocycles. The number of nitrogens with one attached hydrogen (secondary N) is 3. The van der Waals surface area contributed by atoms with Crippen molar-refractivity contribution in [3.63, 3.8) is 0 Å². The molecule has 1 atom stereocenters. The third-order valence-electron chi connectivity index (χ3n) is 2.09. The van der Waals surface area contributed by atoms with Gasteiger partial charge in [0, 0.05) is 13.1 Å². The van der Waals surface area contributed by atoms with Gasteiger partial charge in [-0.3, -0.25) is 15.6 Å². The van der Waals surface area contributed by atoms with Crippen LogP contribution in [0.1, 0.15) is 6.92 Å². The summed E-state index contributed by atoms with van der Waals surface area (Å²) in [4.78, 5) is 11.6. The molecule has 1 rings (SSSR count). The molecule has 0 fully saturated rings. The SMILES string of the molecule is CNC(=S)NNC(=O)C(C)Oc1ccc(F)cc1F. The summed E-state index contributed by atoms with van der Waals surface area (Å²) in [5.74, 6) is -2.36. The van der Waals surface area contributed by atoms with E-state index in [-0.39, 0.29) is 10.9 Å². The molecule has 104 valence electrons. The van der Waals surface area contributed by atoms with Crippen molar-refractivity contribution in [1.82, 2.24) is 16.2 Å². The summed E-state index contributed by atoms with van der Waals surface area (Å²) in [6, 6.07) is 2.83. The fraction of sp³-hybridized carbons (Fsp3) is 0.273. The van der Waals surface area contributed by atoms with Gasteiger partial charge in [0.1, 0.15) is 5.82 Å². The Bertz CT molecular complexity index is 485. The molecule has 0 aromatic heterocycles. The standard InChI is InChI=1S/C11H13F2N3O2S/c1-6(10(17)15-16-11(19)14-2)18-9-4-3-7(12)5-8(9)13/h3-6H,1-2H3,(H,15,17)(H2,14,16,19). The van der Waals surface area contributed by atoms with E-state index in [1.54, 1.807) is 7.05 Å². The molecule has 0 aliphatic rings. The zero-order valence-electron chi connectivity index (χ0n) is 10.3. The first-order chi connectivity index (χ1) is 8.93. The van der Waals surface area contributed by atoms with Gasteiger partial charge < -0.3 is 10.1 Å². The van der Waals surface area contributed by atoms with Crippen molar-refractivity contribution in [2.75, 3.05) is 7.05 Å². The Balaban J connectivity index is 2.56. The highest BCUT2D eigenvalue weighted by molar-refractivity contribution is 7.80. The van der Waals surface area contributed by atoms with Crippen molar-refractivity contribution in [3.05, 3.63) is 29.8 Å². The third-order valence-corrected chi connectivity index (χ3v) is 2.40. The predicted octanol–water partition coefficient (Wildman–Crippen LogP) is 0.857. The van der Waals surface area contributed by atoms with E-state index in [1.807, 2.05) is 0 Å². The van der Waals surface area contributed by atoms with E-state index in [4.69, 9.17) is 17.0 Å². The summed E-state index contributed by atoms with van der Waals surface area (Å²) in [5, 5.41) is 2.80. The predicted molar refractivity (Wildman–Crippen MR) is 69.4 cm³/mol. The zero-order chi connectivity index (χ0) is 14.4. The average molecular weight is 289 g/mol. The quantitative estimate of drug-likeness (QED) is 0.569. The number of carbonyl (C=O) groups excluding carboxylic acids is 1. The lowest BCUT2D eigenvalue weighted by molar-refractivity contribution is -0.127. The fourth-order valence-corrected chi connectivity index (χ4v) is 1.15. The molecule has 0 aliphatic carbocycles. The molecule has 1 amide bonds. The number of hydrazine groups is 1. The Kier molecular flexibility index (Phi) is 5.43. The molecule has 0 saturated heterocycles. The van der Waals surface area contributed by atoms with E-state index in [9.17, 15) is 13.6 Å². The molecule has 5 nitrogen and oxygen atoms in total. The highest BCUT2D eigenvalue weighted by atomic mass is 32.1. The molecular formula is C11H13F2N3O2S. The van der Waals surface area contributed by atoms with Gasteiger partial charge in [-0.05, 0) is 31.3 Å². The van der Waals surface area contributed by atoms with Crippen LogP contribution in [0.15, 0.2) is 18.2 Å². The second-order valence-corrected chi connectivity index (χ2v) is 3.94. The van der Waals surface area contributed by atoms with Gasteiger partial charge in [0.05, 0.1) is 0 Å². The van der Waals surface area contributed by atoms with Crippen molar-refractivity contribution in [1.29, 1.82) is 0 Å². The first-order valence-corrected chi connectivity index (χ1v) is 5.74. The third kappa shape index (κ3) is 4.66. The van der Waals surface area contributed by atoms with E-state index >= 15 is 0 Å². The van der Waals surface area contributed by atoms with Crippen LogP contribution in [-0.2, 0) is 4.79 Å². The molecule has 0 saturated carbocycles. The van der Waals surface area contributed by atoms with Gasteiger partial charge in [-0.1, -0.05) is 0 Å². The summed E-state index contributed by atoms with van der Waals surface area (Å²) >= 11 is 4.75. The average Bonchev–Trinajstić information content (AvgIpc) is 2.38. The monoisotopic (exact) mass is 289 g/mol. The number of ether oxygens (including phenoxy) is 1. The summed E-state index contributed by atoms with van der Waals surface area (Å²) < 4.78 is 31.1. The van der Waals surface area contributed by atoms with E-state index in [0.29, 0.717) is 6.07 Å². The van der Waals surface area contributed by atoms with Crippen molar-refractivity contribution >= 4 is 23.2 Å². The van der Waals surface area contributed by atoms with Gasteiger partial charge in [-0.15, -0.1) is 0 Å². The van der Waals surface area contributed by atoms with Gasteiger partial charge in [-0.25, -0.2) is 8.78 Å². The Morgan fingerprint density at radius 2 is 2.05 bits per heavy atom. The van der Waals surface area contributed by atoms with Crippen LogP contribution in [0.2, 0.25) is 0 Å². The lowest BCUT2D eigenvalue weighted by Crippen LogP contribution is -2.49. The number of thiocarbonyl (C=S) groups is 1. The van der Waals surface area contributed by atoms with Crippen LogP contribution in [0.4, 0.5) is 8.78 Å². The minimum atomic E-state index is -0.980. The summed E-state index contributed by atoms with van der Waals surface area (Å²) in [6.45, 7) is 1.42. The molecule has 0 aliphatic heterocycles.